The molecule has 1 aliphatic heterocycles. The van der Waals surface area contributed by atoms with E-state index >= 15 is 0 Å². The highest BCUT2D eigenvalue weighted by Crippen LogP contribution is 2.44. The Hall–Kier alpha value is -2.52. The van der Waals surface area contributed by atoms with Crippen LogP contribution < -0.4 is 9.46 Å². The number of carbonyl (C=O) groups is 1. The Morgan fingerprint density at radius 3 is 2.49 bits per heavy atom. The molecule has 2 aromatic rings. The summed E-state index contributed by atoms with van der Waals surface area (Å²) in [6, 6.07) is 9.40. The first kappa shape index (κ1) is 25.6. The van der Waals surface area contributed by atoms with Gasteiger partial charge in [-0.1, -0.05) is 19.1 Å². The normalized spacial score (nSPS) is 19.2. The van der Waals surface area contributed by atoms with Gasteiger partial charge < -0.3 is 4.74 Å². The Balaban J connectivity index is 1.41. The molecule has 0 radical (unpaired) electrons. The molecule has 9 heteroatoms. The Kier molecular flexibility index (Phi) is 7.20. The number of rotatable bonds is 8. The molecule has 1 amide bonds. The maximum Gasteiger partial charge on any atom is 0.265 e. The molecular formula is C26H32F2N2O4S. The van der Waals surface area contributed by atoms with Gasteiger partial charge in [0.15, 0.2) is 11.6 Å². The molecule has 1 atom stereocenters. The molecule has 2 fully saturated rings. The molecule has 1 saturated carbocycles. The molecule has 1 N–H and O–H groups in total. The van der Waals surface area contributed by atoms with Gasteiger partial charge >= 0.3 is 0 Å². The second kappa shape index (κ2) is 9.85. The molecule has 0 spiro atoms. The van der Waals surface area contributed by atoms with E-state index in [1.807, 2.05) is 10.8 Å². The standard InChI is InChI=1S/C26H32F2N2O4S/c1-17(19-5-4-6-20(27)13-19)30-11-9-26(2,10-12-30)16-34-24-15-21(18-7-8-18)22(14-23(24)28)25(31)29-35(3,32)33/h4-6,13-15,17-18H,7-12,16H2,1-3H3,(H,29,31)/t17-/m1/s1. The van der Waals surface area contributed by atoms with Gasteiger partial charge in [-0.3, -0.25) is 9.69 Å². The van der Waals surface area contributed by atoms with E-state index in [0.717, 1.165) is 56.7 Å². The summed E-state index contributed by atoms with van der Waals surface area (Å²) in [5.74, 6) is -1.57. The molecule has 4 rings (SSSR count). The van der Waals surface area contributed by atoms with Gasteiger partial charge in [-0.2, -0.15) is 0 Å². The molecule has 35 heavy (non-hydrogen) atoms. The summed E-state index contributed by atoms with van der Waals surface area (Å²) in [5.41, 5.74) is 1.44. The van der Waals surface area contributed by atoms with Gasteiger partial charge in [-0.05, 0) is 87.0 Å². The van der Waals surface area contributed by atoms with Crippen molar-refractivity contribution < 1.29 is 26.7 Å². The predicted octanol–water partition coefficient (Wildman–Crippen LogP) is 4.77. The van der Waals surface area contributed by atoms with Crippen LogP contribution in [-0.4, -0.2) is 45.2 Å². The third kappa shape index (κ3) is 6.38. The first-order chi connectivity index (χ1) is 16.4. The summed E-state index contributed by atoms with van der Waals surface area (Å²) < 4.78 is 59.3. The average Bonchev–Trinajstić information content (AvgIpc) is 3.62. The van der Waals surface area contributed by atoms with Gasteiger partial charge in [0.2, 0.25) is 10.0 Å². The molecular weight excluding hydrogens is 474 g/mol. The number of ether oxygens (including phenoxy) is 1. The van der Waals surface area contributed by atoms with Crippen LogP contribution in [0.5, 0.6) is 5.75 Å². The Morgan fingerprint density at radius 2 is 1.89 bits per heavy atom. The van der Waals surface area contributed by atoms with Crippen LogP contribution in [0.15, 0.2) is 36.4 Å². The Bertz CT molecular complexity index is 1210. The third-order valence-electron chi connectivity index (χ3n) is 7.10. The molecule has 2 aromatic carbocycles. The van der Waals surface area contributed by atoms with Crippen molar-refractivity contribution in [2.45, 2.75) is 51.5 Å². The van der Waals surface area contributed by atoms with E-state index < -0.39 is 21.7 Å². The smallest absolute Gasteiger partial charge is 0.265 e. The maximum atomic E-state index is 14.9. The van der Waals surface area contributed by atoms with Crippen molar-refractivity contribution in [2.75, 3.05) is 26.0 Å². The van der Waals surface area contributed by atoms with E-state index in [9.17, 15) is 22.0 Å². The number of likely N-dealkylation sites (tertiary alicyclic amines) is 1. The highest BCUT2D eigenvalue weighted by molar-refractivity contribution is 7.89. The molecule has 1 aliphatic carbocycles. The third-order valence-corrected chi connectivity index (χ3v) is 7.66. The summed E-state index contributed by atoms with van der Waals surface area (Å²) in [4.78, 5) is 14.7. The summed E-state index contributed by atoms with van der Waals surface area (Å²) in [6.45, 7) is 6.15. The zero-order valence-corrected chi connectivity index (χ0v) is 21.1. The number of amides is 1. The van der Waals surface area contributed by atoms with Crippen LogP contribution in [0.3, 0.4) is 0 Å². The highest BCUT2D eigenvalue weighted by atomic mass is 32.2. The summed E-state index contributed by atoms with van der Waals surface area (Å²) >= 11 is 0. The molecule has 190 valence electrons. The maximum absolute atomic E-state index is 14.9. The Labute approximate surface area is 205 Å². The number of benzene rings is 2. The minimum atomic E-state index is -3.76. The van der Waals surface area contributed by atoms with Crippen molar-refractivity contribution in [3.8, 4) is 5.75 Å². The Morgan fingerprint density at radius 1 is 1.20 bits per heavy atom. The van der Waals surface area contributed by atoms with E-state index in [2.05, 4.69) is 18.7 Å². The van der Waals surface area contributed by atoms with Crippen molar-refractivity contribution in [1.29, 1.82) is 0 Å². The quantitative estimate of drug-likeness (QED) is 0.558. The molecule has 0 bridgehead atoms. The van der Waals surface area contributed by atoms with Crippen LogP contribution in [0.1, 0.15) is 73.0 Å². The zero-order valence-electron chi connectivity index (χ0n) is 20.3. The van der Waals surface area contributed by atoms with Gasteiger partial charge in [0.1, 0.15) is 5.82 Å². The van der Waals surface area contributed by atoms with E-state index in [1.165, 1.54) is 6.07 Å². The molecule has 0 aromatic heterocycles. The van der Waals surface area contributed by atoms with Gasteiger partial charge in [0.25, 0.3) is 5.91 Å². The summed E-state index contributed by atoms with van der Waals surface area (Å²) in [5, 5.41) is 0. The highest BCUT2D eigenvalue weighted by Gasteiger charge is 2.34. The van der Waals surface area contributed by atoms with E-state index in [4.69, 9.17) is 4.74 Å². The summed E-state index contributed by atoms with van der Waals surface area (Å²) in [7, 11) is -3.76. The lowest BCUT2D eigenvalue weighted by Gasteiger charge is -2.41. The predicted molar refractivity (Wildman–Crippen MR) is 130 cm³/mol. The number of hydrogen-bond donors (Lipinski definition) is 1. The zero-order chi connectivity index (χ0) is 25.4. The van der Waals surface area contributed by atoms with E-state index in [1.54, 1.807) is 18.2 Å². The lowest BCUT2D eigenvalue weighted by Crippen LogP contribution is -2.42. The number of sulfonamides is 1. The van der Waals surface area contributed by atoms with Crippen molar-refractivity contribution >= 4 is 15.9 Å². The fourth-order valence-electron chi connectivity index (χ4n) is 4.66. The SMILES string of the molecule is C[C@H](c1cccc(F)c1)N1CCC(C)(COc2cc(C3CC3)c(C(=O)NS(C)(=O)=O)cc2F)CC1. The fourth-order valence-corrected chi connectivity index (χ4v) is 5.10. The second-order valence-corrected chi connectivity index (χ2v) is 12.0. The molecule has 6 nitrogen and oxygen atoms in total. The monoisotopic (exact) mass is 506 g/mol. The first-order valence-electron chi connectivity index (χ1n) is 11.9. The number of hydrogen-bond acceptors (Lipinski definition) is 5. The van der Waals surface area contributed by atoms with Crippen molar-refractivity contribution in [3.05, 3.63) is 64.7 Å². The van der Waals surface area contributed by atoms with Gasteiger partial charge in [0.05, 0.1) is 12.9 Å². The van der Waals surface area contributed by atoms with Gasteiger partial charge in [-0.15, -0.1) is 0 Å². The van der Waals surface area contributed by atoms with Crippen LogP contribution in [0.25, 0.3) is 0 Å². The van der Waals surface area contributed by atoms with Gasteiger partial charge in [-0.25, -0.2) is 21.9 Å². The largest absolute Gasteiger partial charge is 0.490 e. The van der Waals surface area contributed by atoms with Gasteiger partial charge in [0, 0.05) is 17.0 Å². The lowest BCUT2D eigenvalue weighted by molar-refractivity contribution is 0.0501. The lowest BCUT2D eigenvalue weighted by atomic mass is 9.80. The average molecular weight is 507 g/mol. The number of nitrogens with zero attached hydrogens (tertiary/aromatic N) is 1. The summed E-state index contributed by atoms with van der Waals surface area (Å²) in [6.07, 6.45) is 4.31. The number of halogens is 2. The van der Waals surface area contributed by atoms with Crippen LogP contribution in [0.4, 0.5) is 8.78 Å². The first-order valence-corrected chi connectivity index (χ1v) is 13.8. The number of carbonyl (C=O) groups excluding carboxylic acids is 1. The van der Waals surface area contributed by atoms with Crippen LogP contribution in [0.2, 0.25) is 0 Å². The van der Waals surface area contributed by atoms with Crippen molar-refractivity contribution in [2.24, 2.45) is 5.41 Å². The molecule has 1 saturated heterocycles. The minimum Gasteiger partial charge on any atom is -0.490 e. The van der Waals surface area contributed by atoms with Crippen LogP contribution >= 0.6 is 0 Å². The topological polar surface area (TPSA) is 75.7 Å². The molecule has 2 aliphatic rings. The fraction of sp³-hybridized carbons (Fsp3) is 0.500. The number of piperidine rings is 1. The van der Waals surface area contributed by atoms with Crippen LogP contribution in [-0.2, 0) is 10.0 Å². The molecule has 0 unspecified atom stereocenters. The van der Waals surface area contributed by atoms with E-state index in [0.29, 0.717) is 12.2 Å². The van der Waals surface area contributed by atoms with E-state index in [-0.39, 0.29) is 34.5 Å². The van der Waals surface area contributed by atoms with Crippen molar-refractivity contribution in [1.82, 2.24) is 9.62 Å². The second-order valence-electron chi connectivity index (χ2n) is 10.2. The van der Waals surface area contributed by atoms with Crippen molar-refractivity contribution in [3.63, 3.8) is 0 Å². The molecule has 1 heterocycles. The number of nitrogens with one attached hydrogen (secondary N) is 1. The minimum absolute atomic E-state index is 0.0358. The van der Waals surface area contributed by atoms with Crippen LogP contribution in [0, 0.1) is 17.0 Å².